The zero-order chi connectivity index (χ0) is 9.84. The highest BCUT2D eigenvalue weighted by Crippen LogP contribution is 2.30. The third-order valence-electron chi connectivity index (χ3n) is 1.81. The zero-order valence-electron chi connectivity index (χ0n) is 7.61. The summed E-state index contributed by atoms with van der Waals surface area (Å²) in [7, 11) is 0. The third-order valence-corrected chi connectivity index (χ3v) is 2.94. The van der Waals surface area contributed by atoms with Gasteiger partial charge in [0.2, 0.25) is 5.76 Å². The number of rotatable bonds is 4. The average molecular weight is 200 g/mol. The normalized spacial score (nSPS) is 12.8. The lowest BCUT2D eigenvalue weighted by atomic mass is 10.3. The molecule has 0 aliphatic heterocycles. The summed E-state index contributed by atoms with van der Waals surface area (Å²) in [5, 5.41) is 8.88. The van der Waals surface area contributed by atoms with E-state index in [0.717, 1.165) is 12.2 Å². The number of furan rings is 1. The molecule has 4 heteroatoms. The van der Waals surface area contributed by atoms with E-state index in [9.17, 15) is 4.79 Å². The predicted octanol–water partition coefficient (Wildman–Crippen LogP) is 2.79. The Morgan fingerprint density at radius 3 is 2.77 bits per heavy atom. The lowest BCUT2D eigenvalue weighted by Crippen LogP contribution is -1.93. The molecular weight excluding hydrogens is 188 g/mol. The summed E-state index contributed by atoms with van der Waals surface area (Å²) in [6, 6.07) is 3.23. The van der Waals surface area contributed by atoms with Crippen molar-refractivity contribution in [3.63, 3.8) is 0 Å². The first-order valence-electron chi connectivity index (χ1n) is 4.04. The molecule has 1 N–H and O–H groups in total. The van der Waals surface area contributed by atoms with Gasteiger partial charge in [0, 0.05) is 0 Å². The number of carboxylic acid groups (broad SMARTS) is 1. The van der Waals surface area contributed by atoms with E-state index >= 15 is 0 Å². The van der Waals surface area contributed by atoms with Gasteiger partial charge < -0.3 is 9.52 Å². The highest BCUT2D eigenvalue weighted by molar-refractivity contribution is 7.98. The Morgan fingerprint density at radius 2 is 2.38 bits per heavy atom. The maximum Gasteiger partial charge on any atom is 0.371 e. The van der Waals surface area contributed by atoms with Crippen LogP contribution in [0.4, 0.5) is 0 Å². The van der Waals surface area contributed by atoms with Crippen LogP contribution in [-0.4, -0.2) is 17.3 Å². The lowest BCUT2D eigenvalue weighted by Gasteiger charge is -2.06. The molecule has 0 amide bonds. The molecule has 0 fully saturated rings. The van der Waals surface area contributed by atoms with E-state index in [1.165, 1.54) is 6.07 Å². The highest BCUT2D eigenvalue weighted by atomic mass is 32.2. The molecule has 1 aromatic rings. The molecule has 0 radical (unpaired) electrons. The topological polar surface area (TPSA) is 50.4 Å². The van der Waals surface area contributed by atoms with Gasteiger partial charge in [-0.2, -0.15) is 11.8 Å². The van der Waals surface area contributed by atoms with Gasteiger partial charge in [-0.05, 0) is 24.8 Å². The summed E-state index contributed by atoms with van der Waals surface area (Å²) in [6.07, 6.45) is 2.92. The van der Waals surface area contributed by atoms with Gasteiger partial charge in [0.1, 0.15) is 5.76 Å². The molecule has 3 nitrogen and oxygen atoms in total. The average Bonchev–Trinajstić information content (AvgIpc) is 2.56. The van der Waals surface area contributed by atoms with E-state index < -0.39 is 5.97 Å². The molecule has 1 aromatic heterocycles. The van der Waals surface area contributed by atoms with Crippen LogP contribution in [0.2, 0.25) is 0 Å². The summed E-state index contributed by atoms with van der Waals surface area (Å²) in [6.45, 7) is 2.05. The summed E-state index contributed by atoms with van der Waals surface area (Å²) < 4.78 is 5.17. The summed E-state index contributed by atoms with van der Waals surface area (Å²) in [4.78, 5) is 10.5. The second kappa shape index (κ2) is 4.37. The fourth-order valence-corrected chi connectivity index (χ4v) is 1.82. The van der Waals surface area contributed by atoms with Gasteiger partial charge in [-0.1, -0.05) is 6.92 Å². The number of hydrogen-bond acceptors (Lipinski definition) is 3. The standard InChI is InChI=1S/C9H12O3S/c1-3-8(13-2)6-4-5-7(12-6)9(10)11/h4-5,8H,3H2,1-2H3,(H,10,11)/t8-/m1/s1. The first kappa shape index (κ1) is 10.2. The zero-order valence-corrected chi connectivity index (χ0v) is 8.43. The van der Waals surface area contributed by atoms with Crippen molar-refractivity contribution in [3.8, 4) is 0 Å². The quantitative estimate of drug-likeness (QED) is 0.811. The molecule has 0 unspecified atom stereocenters. The van der Waals surface area contributed by atoms with E-state index in [1.807, 2.05) is 13.2 Å². The van der Waals surface area contributed by atoms with E-state index in [0.29, 0.717) is 0 Å². The summed E-state index contributed by atoms with van der Waals surface area (Å²) >= 11 is 1.66. The smallest absolute Gasteiger partial charge is 0.371 e. The van der Waals surface area contributed by atoms with Crippen LogP contribution in [0.3, 0.4) is 0 Å². The van der Waals surface area contributed by atoms with Crippen LogP contribution in [0.25, 0.3) is 0 Å². The number of thioether (sulfide) groups is 1. The molecule has 1 atom stereocenters. The molecule has 0 aliphatic carbocycles. The molecule has 0 saturated heterocycles. The van der Waals surface area contributed by atoms with Crippen molar-refractivity contribution in [2.24, 2.45) is 0 Å². The summed E-state index contributed by atoms with van der Waals surface area (Å²) in [5.41, 5.74) is 0. The van der Waals surface area contributed by atoms with Crippen LogP contribution in [0, 0.1) is 0 Å². The molecule has 0 bridgehead atoms. The molecular formula is C9H12O3S. The van der Waals surface area contributed by atoms with Gasteiger partial charge in [0.05, 0.1) is 5.25 Å². The first-order chi connectivity index (χ1) is 6.19. The van der Waals surface area contributed by atoms with Gasteiger partial charge in [-0.3, -0.25) is 0 Å². The van der Waals surface area contributed by atoms with Gasteiger partial charge in [0.15, 0.2) is 0 Å². The van der Waals surface area contributed by atoms with Crippen LogP contribution < -0.4 is 0 Å². The Morgan fingerprint density at radius 1 is 1.69 bits per heavy atom. The second-order valence-corrected chi connectivity index (χ2v) is 3.68. The molecule has 0 spiro atoms. The maximum atomic E-state index is 10.5. The first-order valence-corrected chi connectivity index (χ1v) is 5.33. The monoisotopic (exact) mass is 200 g/mol. The second-order valence-electron chi connectivity index (χ2n) is 2.64. The minimum atomic E-state index is -1.01. The minimum absolute atomic E-state index is 0.0162. The predicted molar refractivity (Wildman–Crippen MR) is 52.2 cm³/mol. The fourth-order valence-electron chi connectivity index (χ4n) is 1.12. The SMILES string of the molecule is CC[C@@H](SC)c1ccc(C(=O)O)o1. The van der Waals surface area contributed by atoms with Gasteiger partial charge in [-0.25, -0.2) is 4.79 Å². The molecule has 0 saturated carbocycles. The Kier molecular flexibility index (Phi) is 3.42. The lowest BCUT2D eigenvalue weighted by molar-refractivity contribution is 0.0660. The van der Waals surface area contributed by atoms with Gasteiger partial charge >= 0.3 is 5.97 Å². The van der Waals surface area contributed by atoms with Crippen molar-refractivity contribution in [1.82, 2.24) is 0 Å². The number of carbonyl (C=O) groups is 1. The van der Waals surface area contributed by atoms with Crippen LogP contribution in [-0.2, 0) is 0 Å². The number of carboxylic acids is 1. The number of aromatic carboxylic acids is 1. The molecule has 0 aromatic carbocycles. The van der Waals surface area contributed by atoms with Crippen molar-refractivity contribution in [2.75, 3.05) is 6.26 Å². The Balaban J connectivity index is 2.84. The van der Waals surface area contributed by atoms with E-state index in [1.54, 1.807) is 17.8 Å². The van der Waals surface area contributed by atoms with Gasteiger partial charge in [0.25, 0.3) is 0 Å². The fraction of sp³-hybridized carbons (Fsp3) is 0.444. The maximum absolute atomic E-state index is 10.5. The molecule has 13 heavy (non-hydrogen) atoms. The largest absolute Gasteiger partial charge is 0.475 e. The van der Waals surface area contributed by atoms with Crippen LogP contribution >= 0.6 is 11.8 Å². The van der Waals surface area contributed by atoms with Crippen molar-refractivity contribution in [1.29, 1.82) is 0 Å². The minimum Gasteiger partial charge on any atom is -0.475 e. The highest BCUT2D eigenvalue weighted by Gasteiger charge is 2.14. The molecule has 1 rings (SSSR count). The van der Waals surface area contributed by atoms with Gasteiger partial charge in [-0.15, -0.1) is 0 Å². The van der Waals surface area contributed by atoms with Crippen molar-refractivity contribution in [3.05, 3.63) is 23.7 Å². The van der Waals surface area contributed by atoms with E-state index in [4.69, 9.17) is 9.52 Å². The van der Waals surface area contributed by atoms with E-state index in [2.05, 4.69) is 0 Å². The van der Waals surface area contributed by atoms with E-state index in [-0.39, 0.29) is 11.0 Å². The Hall–Kier alpha value is -0.900. The summed E-state index contributed by atoms with van der Waals surface area (Å²) in [5.74, 6) is -0.253. The Bertz CT molecular complexity index is 289. The molecule has 72 valence electrons. The van der Waals surface area contributed by atoms with Crippen molar-refractivity contribution in [2.45, 2.75) is 18.6 Å². The van der Waals surface area contributed by atoms with Crippen molar-refractivity contribution >= 4 is 17.7 Å². The third kappa shape index (κ3) is 2.28. The van der Waals surface area contributed by atoms with Crippen LogP contribution in [0.15, 0.2) is 16.5 Å². The van der Waals surface area contributed by atoms with Crippen molar-refractivity contribution < 1.29 is 14.3 Å². The Labute approximate surface area is 81.1 Å². The molecule has 0 aliphatic rings. The van der Waals surface area contributed by atoms with Crippen LogP contribution in [0.5, 0.6) is 0 Å². The van der Waals surface area contributed by atoms with Crippen LogP contribution in [0.1, 0.15) is 34.9 Å². The molecule has 1 heterocycles. The number of hydrogen-bond donors (Lipinski definition) is 1.